The summed E-state index contributed by atoms with van der Waals surface area (Å²) < 4.78 is 4.64. The molecule has 3 rings (SSSR count). The van der Waals surface area contributed by atoms with Crippen LogP contribution in [0.2, 0.25) is 0 Å². The van der Waals surface area contributed by atoms with Gasteiger partial charge in [0.1, 0.15) is 5.82 Å². The highest BCUT2D eigenvalue weighted by Gasteiger charge is 2.48. The summed E-state index contributed by atoms with van der Waals surface area (Å²) in [6.07, 6.45) is 5.18. The normalized spacial score (nSPS) is 15.8. The molecule has 0 spiro atoms. The monoisotopic (exact) mass is 254 g/mol. The Bertz CT molecular complexity index is 589. The number of methoxy groups -OCH3 is 1. The minimum atomic E-state index is -0.406. The van der Waals surface area contributed by atoms with Gasteiger partial charge in [-0.05, 0) is 18.4 Å². The van der Waals surface area contributed by atoms with Gasteiger partial charge in [0.05, 0.1) is 18.1 Å². The second-order valence-electron chi connectivity index (χ2n) is 4.74. The van der Waals surface area contributed by atoms with E-state index in [4.69, 9.17) is 0 Å². The van der Waals surface area contributed by atoms with Crippen LogP contribution in [0.3, 0.4) is 0 Å². The molecule has 19 heavy (non-hydrogen) atoms. The molecule has 1 heterocycles. The van der Waals surface area contributed by atoms with Gasteiger partial charge in [0.2, 0.25) is 0 Å². The number of esters is 1. The summed E-state index contributed by atoms with van der Waals surface area (Å²) in [5.41, 5.74) is 1.56. The van der Waals surface area contributed by atoms with E-state index in [0.29, 0.717) is 5.56 Å². The van der Waals surface area contributed by atoms with Crippen LogP contribution in [0.4, 0.5) is 0 Å². The van der Waals surface area contributed by atoms with Crippen LogP contribution in [-0.4, -0.2) is 23.0 Å². The van der Waals surface area contributed by atoms with Crippen LogP contribution in [0, 0.1) is 0 Å². The first-order valence-corrected chi connectivity index (χ1v) is 6.23. The maximum Gasteiger partial charge on any atom is 0.341 e. The van der Waals surface area contributed by atoms with Gasteiger partial charge in [-0.1, -0.05) is 30.3 Å². The quantitative estimate of drug-likeness (QED) is 0.789. The van der Waals surface area contributed by atoms with Crippen LogP contribution in [0.15, 0.2) is 42.7 Å². The van der Waals surface area contributed by atoms with Gasteiger partial charge in [-0.2, -0.15) is 0 Å². The van der Waals surface area contributed by atoms with Crippen molar-refractivity contribution in [3.8, 4) is 0 Å². The number of ether oxygens (including phenoxy) is 1. The Morgan fingerprint density at radius 2 is 1.79 bits per heavy atom. The highest BCUT2D eigenvalue weighted by Crippen LogP contribution is 2.51. The third kappa shape index (κ3) is 1.99. The summed E-state index contributed by atoms with van der Waals surface area (Å²) in [5.74, 6) is 0.377. The average Bonchev–Trinajstić information content (AvgIpc) is 3.29. The van der Waals surface area contributed by atoms with E-state index in [-0.39, 0.29) is 5.41 Å². The summed E-state index contributed by atoms with van der Waals surface area (Å²) in [5, 5.41) is 0. The van der Waals surface area contributed by atoms with Gasteiger partial charge in [-0.3, -0.25) is 0 Å². The molecule has 0 saturated heterocycles. The molecule has 4 nitrogen and oxygen atoms in total. The lowest BCUT2D eigenvalue weighted by molar-refractivity contribution is 0.0599. The number of aromatic nitrogens is 2. The molecule has 0 bridgehead atoms. The van der Waals surface area contributed by atoms with Crippen molar-refractivity contribution in [2.24, 2.45) is 0 Å². The molecule has 1 aliphatic rings. The van der Waals surface area contributed by atoms with Crippen LogP contribution in [0.25, 0.3) is 0 Å². The van der Waals surface area contributed by atoms with Gasteiger partial charge in [0, 0.05) is 12.4 Å². The maximum absolute atomic E-state index is 11.4. The van der Waals surface area contributed by atoms with Crippen molar-refractivity contribution in [1.29, 1.82) is 0 Å². The minimum Gasteiger partial charge on any atom is -0.465 e. The van der Waals surface area contributed by atoms with Crippen molar-refractivity contribution in [3.63, 3.8) is 0 Å². The van der Waals surface area contributed by atoms with Gasteiger partial charge in [-0.25, -0.2) is 14.8 Å². The highest BCUT2D eigenvalue weighted by molar-refractivity contribution is 5.88. The number of carbonyl (C=O) groups is 1. The molecule has 0 atom stereocenters. The Balaban J connectivity index is 1.93. The Kier molecular flexibility index (Phi) is 2.78. The molecule has 1 fully saturated rings. The van der Waals surface area contributed by atoms with Gasteiger partial charge in [-0.15, -0.1) is 0 Å². The third-order valence-corrected chi connectivity index (χ3v) is 3.58. The van der Waals surface area contributed by atoms with E-state index < -0.39 is 5.97 Å². The van der Waals surface area contributed by atoms with Crippen molar-refractivity contribution < 1.29 is 9.53 Å². The molecule has 1 aliphatic carbocycles. The van der Waals surface area contributed by atoms with Crippen molar-refractivity contribution in [2.75, 3.05) is 7.11 Å². The second-order valence-corrected chi connectivity index (χ2v) is 4.74. The summed E-state index contributed by atoms with van der Waals surface area (Å²) in [6, 6.07) is 10.3. The molecule has 0 N–H and O–H groups in total. The first-order chi connectivity index (χ1) is 9.26. The van der Waals surface area contributed by atoms with Crippen LogP contribution in [-0.2, 0) is 10.2 Å². The Labute approximate surface area is 111 Å². The Hall–Kier alpha value is -2.23. The number of rotatable bonds is 3. The summed E-state index contributed by atoms with van der Waals surface area (Å²) in [4.78, 5) is 20.1. The fourth-order valence-corrected chi connectivity index (χ4v) is 2.32. The lowest BCUT2D eigenvalue weighted by Gasteiger charge is -2.13. The average molecular weight is 254 g/mol. The van der Waals surface area contributed by atoms with E-state index in [0.717, 1.165) is 18.7 Å². The van der Waals surface area contributed by atoms with Gasteiger partial charge >= 0.3 is 5.97 Å². The number of carbonyl (C=O) groups excluding carboxylic acids is 1. The summed E-state index contributed by atoms with van der Waals surface area (Å²) in [7, 11) is 1.35. The number of hydrogen-bond donors (Lipinski definition) is 0. The van der Waals surface area contributed by atoms with E-state index in [2.05, 4.69) is 26.8 Å². The van der Waals surface area contributed by atoms with E-state index in [1.54, 1.807) is 0 Å². The molecule has 96 valence electrons. The molecule has 1 aromatic carbocycles. The minimum absolute atomic E-state index is 0.0596. The Morgan fingerprint density at radius 1 is 1.16 bits per heavy atom. The van der Waals surface area contributed by atoms with E-state index >= 15 is 0 Å². The van der Waals surface area contributed by atoms with Crippen LogP contribution >= 0.6 is 0 Å². The van der Waals surface area contributed by atoms with E-state index in [1.807, 2.05) is 18.2 Å². The van der Waals surface area contributed by atoms with E-state index in [9.17, 15) is 4.79 Å². The fraction of sp³-hybridized carbons (Fsp3) is 0.267. The summed E-state index contributed by atoms with van der Waals surface area (Å²) in [6.45, 7) is 0. The fourth-order valence-electron chi connectivity index (χ4n) is 2.32. The zero-order chi connectivity index (χ0) is 13.3. The van der Waals surface area contributed by atoms with Crippen LogP contribution in [0.5, 0.6) is 0 Å². The van der Waals surface area contributed by atoms with Gasteiger partial charge in [0.25, 0.3) is 0 Å². The maximum atomic E-state index is 11.4. The third-order valence-electron chi connectivity index (χ3n) is 3.58. The highest BCUT2D eigenvalue weighted by atomic mass is 16.5. The first kappa shape index (κ1) is 11.8. The predicted octanol–water partition coefficient (Wildman–Crippen LogP) is 2.34. The van der Waals surface area contributed by atoms with Crippen LogP contribution in [0.1, 0.15) is 34.6 Å². The largest absolute Gasteiger partial charge is 0.465 e. The zero-order valence-electron chi connectivity index (χ0n) is 10.7. The molecular weight excluding hydrogens is 240 g/mol. The first-order valence-electron chi connectivity index (χ1n) is 6.23. The smallest absolute Gasteiger partial charge is 0.341 e. The topological polar surface area (TPSA) is 52.1 Å². The molecule has 2 aromatic rings. The zero-order valence-corrected chi connectivity index (χ0v) is 10.7. The molecule has 0 radical (unpaired) electrons. The van der Waals surface area contributed by atoms with Gasteiger partial charge < -0.3 is 4.74 Å². The molecule has 1 saturated carbocycles. The van der Waals surface area contributed by atoms with E-state index in [1.165, 1.54) is 25.1 Å². The second kappa shape index (κ2) is 4.46. The lowest BCUT2D eigenvalue weighted by Crippen LogP contribution is -2.14. The number of nitrogens with zero attached hydrogens (tertiary/aromatic N) is 2. The predicted molar refractivity (Wildman–Crippen MR) is 69.8 cm³/mol. The van der Waals surface area contributed by atoms with Crippen molar-refractivity contribution >= 4 is 5.97 Å². The standard InChI is InChI=1S/C15H14N2O2/c1-19-13(18)11-9-16-14(17-10-11)15(7-8-15)12-5-3-2-4-6-12/h2-6,9-10H,7-8H2,1H3. The van der Waals surface area contributed by atoms with Crippen LogP contribution < -0.4 is 0 Å². The van der Waals surface area contributed by atoms with Crippen molar-refractivity contribution in [1.82, 2.24) is 9.97 Å². The SMILES string of the molecule is COC(=O)c1cnc(C2(c3ccccc3)CC2)nc1. The molecule has 1 aromatic heterocycles. The van der Waals surface area contributed by atoms with Gasteiger partial charge in [0.15, 0.2) is 0 Å². The Morgan fingerprint density at radius 3 is 2.32 bits per heavy atom. The van der Waals surface area contributed by atoms with Crippen molar-refractivity contribution in [2.45, 2.75) is 18.3 Å². The number of benzene rings is 1. The molecule has 0 aliphatic heterocycles. The molecule has 0 unspecified atom stereocenters. The summed E-state index contributed by atoms with van der Waals surface area (Å²) >= 11 is 0. The van der Waals surface area contributed by atoms with Crippen molar-refractivity contribution in [3.05, 3.63) is 59.7 Å². The molecular formula is C15H14N2O2. The number of hydrogen-bond acceptors (Lipinski definition) is 4. The molecule has 4 heteroatoms. The lowest BCUT2D eigenvalue weighted by atomic mass is 9.95. The molecule has 0 amide bonds.